The van der Waals surface area contributed by atoms with Crippen LogP contribution >= 0.6 is 0 Å². The highest BCUT2D eigenvalue weighted by Gasteiger charge is 2.40. The number of carbonyl (C=O) groups is 1. The molecule has 0 spiro atoms. The van der Waals surface area contributed by atoms with Gasteiger partial charge in [-0.1, -0.05) is 6.07 Å². The molecule has 9 nitrogen and oxygen atoms in total. The number of nitrogens with zero attached hydrogens (tertiary/aromatic N) is 4. The number of Topliss-reactive ketones (excluding diaryl/α,β-unsaturated/α-hetero) is 1. The molecule has 0 saturated carbocycles. The van der Waals surface area contributed by atoms with E-state index in [-0.39, 0.29) is 11.7 Å². The van der Waals surface area contributed by atoms with Crippen LogP contribution in [0.4, 0.5) is 5.95 Å². The quantitative estimate of drug-likeness (QED) is 0.480. The SMILES string of the molecule is O=C1CC(c2ccco2)CC2=C1C(c1ccc3c(c1)OCCO3)n1nc(-c3cccnc3)nc1N2. The number of benzene rings is 1. The summed E-state index contributed by atoms with van der Waals surface area (Å²) in [6.45, 7) is 1.00. The second-order valence-corrected chi connectivity index (χ2v) is 8.81. The zero-order valence-corrected chi connectivity index (χ0v) is 18.7. The van der Waals surface area contributed by atoms with Crippen molar-refractivity contribution in [3.8, 4) is 22.9 Å². The summed E-state index contributed by atoms with van der Waals surface area (Å²) in [5, 5.41) is 8.21. The average Bonchev–Trinajstić information content (AvgIpc) is 3.58. The van der Waals surface area contributed by atoms with Gasteiger partial charge in [-0.3, -0.25) is 9.78 Å². The average molecular weight is 467 g/mol. The van der Waals surface area contributed by atoms with E-state index in [0.29, 0.717) is 54.9 Å². The van der Waals surface area contributed by atoms with E-state index >= 15 is 0 Å². The Morgan fingerprint density at radius 1 is 1.03 bits per heavy atom. The van der Waals surface area contributed by atoms with E-state index < -0.39 is 6.04 Å². The van der Waals surface area contributed by atoms with Gasteiger partial charge in [-0.25, -0.2) is 4.68 Å². The summed E-state index contributed by atoms with van der Waals surface area (Å²) >= 11 is 0. The van der Waals surface area contributed by atoms with Crippen LogP contribution in [0.2, 0.25) is 0 Å². The third-order valence-corrected chi connectivity index (χ3v) is 6.67. The zero-order chi connectivity index (χ0) is 23.4. The van der Waals surface area contributed by atoms with Crippen LogP contribution in [-0.2, 0) is 4.79 Å². The summed E-state index contributed by atoms with van der Waals surface area (Å²) in [4.78, 5) is 22.6. The van der Waals surface area contributed by atoms with Crippen molar-refractivity contribution in [3.63, 3.8) is 0 Å². The summed E-state index contributed by atoms with van der Waals surface area (Å²) in [5.41, 5.74) is 3.23. The number of furan rings is 1. The maximum atomic E-state index is 13.6. The second-order valence-electron chi connectivity index (χ2n) is 8.81. The van der Waals surface area contributed by atoms with Crippen LogP contribution in [0.25, 0.3) is 11.4 Å². The van der Waals surface area contributed by atoms with Gasteiger partial charge in [0, 0.05) is 41.6 Å². The smallest absolute Gasteiger partial charge is 0.226 e. The number of allylic oxidation sites excluding steroid dienone is 2. The number of pyridine rings is 1. The van der Waals surface area contributed by atoms with Crippen LogP contribution in [0.1, 0.15) is 36.1 Å². The molecule has 2 atom stereocenters. The number of hydrogen-bond donors (Lipinski definition) is 1. The number of ketones is 1. The van der Waals surface area contributed by atoms with E-state index in [0.717, 1.165) is 22.6 Å². The highest BCUT2D eigenvalue weighted by Crippen LogP contribution is 2.46. The van der Waals surface area contributed by atoms with Crippen LogP contribution in [-0.4, -0.2) is 38.7 Å². The minimum Gasteiger partial charge on any atom is -0.486 e. The fraction of sp³-hybridized carbons (Fsp3) is 0.231. The number of hydrogen-bond acceptors (Lipinski definition) is 8. The van der Waals surface area contributed by atoms with Crippen molar-refractivity contribution >= 4 is 11.7 Å². The van der Waals surface area contributed by atoms with Gasteiger partial charge in [0.25, 0.3) is 0 Å². The van der Waals surface area contributed by atoms with Crippen molar-refractivity contribution in [2.45, 2.75) is 24.8 Å². The second kappa shape index (κ2) is 7.83. The predicted molar refractivity (Wildman–Crippen MR) is 125 cm³/mol. The fourth-order valence-electron chi connectivity index (χ4n) is 5.09. The van der Waals surface area contributed by atoms with Gasteiger partial charge in [0.1, 0.15) is 25.0 Å². The Hall–Kier alpha value is -4.40. The van der Waals surface area contributed by atoms with Gasteiger partial charge in [0.2, 0.25) is 5.95 Å². The van der Waals surface area contributed by atoms with Crippen LogP contribution < -0.4 is 14.8 Å². The molecular weight excluding hydrogens is 446 g/mol. The Morgan fingerprint density at radius 3 is 2.77 bits per heavy atom. The minimum atomic E-state index is -0.444. The molecule has 0 radical (unpaired) electrons. The minimum absolute atomic E-state index is 0.0306. The number of nitrogens with one attached hydrogen (secondary N) is 1. The number of fused-ring (bicyclic) bond motifs is 2. The highest BCUT2D eigenvalue weighted by atomic mass is 16.6. The molecule has 4 aromatic rings. The summed E-state index contributed by atoms with van der Waals surface area (Å²) in [6, 6.07) is 12.9. The van der Waals surface area contributed by atoms with Gasteiger partial charge in [0.15, 0.2) is 23.1 Å². The number of anilines is 1. The molecule has 2 aliphatic heterocycles. The van der Waals surface area contributed by atoms with Gasteiger partial charge in [0.05, 0.1) is 6.26 Å². The lowest BCUT2D eigenvalue weighted by molar-refractivity contribution is -0.117. The molecule has 7 rings (SSSR count). The largest absolute Gasteiger partial charge is 0.486 e. The molecule has 0 bridgehead atoms. The summed E-state index contributed by atoms with van der Waals surface area (Å²) in [6.07, 6.45) is 6.10. The molecule has 5 heterocycles. The Balaban J connectivity index is 1.37. The van der Waals surface area contributed by atoms with Crippen molar-refractivity contribution in [1.29, 1.82) is 0 Å². The number of rotatable bonds is 3. The first-order valence-electron chi connectivity index (χ1n) is 11.6. The molecule has 3 aliphatic rings. The van der Waals surface area contributed by atoms with E-state index in [4.69, 9.17) is 24.0 Å². The summed E-state index contributed by atoms with van der Waals surface area (Å²) in [5.74, 6) is 3.33. The molecule has 1 aromatic carbocycles. The first-order valence-corrected chi connectivity index (χ1v) is 11.6. The topological polar surface area (TPSA) is 104 Å². The van der Waals surface area contributed by atoms with Gasteiger partial charge >= 0.3 is 0 Å². The van der Waals surface area contributed by atoms with Crippen molar-refractivity contribution in [3.05, 3.63) is 83.7 Å². The molecule has 2 unspecified atom stereocenters. The monoisotopic (exact) mass is 467 g/mol. The molecule has 9 heteroatoms. The van der Waals surface area contributed by atoms with Crippen molar-refractivity contribution in [2.24, 2.45) is 0 Å². The summed E-state index contributed by atoms with van der Waals surface area (Å²) in [7, 11) is 0. The molecular formula is C26H21N5O4. The standard InChI is InChI=1S/C26H21N5O4/c32-19-12-17(20-4-2-8-33-20)11-18-23(19)24(15-5-6-21-22(13-15)35-10-9-34-21)31-26(28-18)29-25(30-31)16-3-1-7-27-14-16/h1-8,13-14,17,24H,9-12H2,(H,28,29,30). The van der Waals surface area contributed by atoms with Gasteiger partial charge in [-0.05, 0) is 48.4 Å². The third kappa shape index (κ3) is 3.30. The number of aromatic nitrogens is 4. The van der Waals surface area contributed by atoms with Crippen molar-refractivity contribution < 1.29 is 18.7 Å². The molecule has 1 N–H and O–H groups in total. The lowest BCUT2D eigenvalue weighted by Crippen LogP contribution is -2.33. The van der Waals surface area contributed by atoms with Gasteiger partial charge in [-0.2, -0.15) is 4.98 Å². The lowest BCUT2D eigenvalue weighted by Gasteiger charge is -2.34. The van der Waals surface area contributed by atoms with Crippen LogP contribution in [0.5, 0.6) is 11.5 Å². The first-order chi connectivity index (χ1) is 17.2. The molecule has 35 heavy (non-hydrogen) atoms. The molecule has 0 fully saturated rings. The number of carbonyl (C=O) groups excluding carboxylic acids is 1. The van der Waals surface area contributed by atoms with Gasteiger partial charge in [-0.15, -0.1) is 5.10 Å². The Labute approximate surface area is 200 Å². The Kier molecular flexibility index (Phi) is 4.48. The van der Waals surface area contributed by atoms with E-state index in [1.54, 1.807) is 23.3 Å². The van der Waals surface area contributed by atoms with E-state index in [1.165, 1.54) is 0 Å². The lowest BCUT2D eigenvalue weighted by atomic mass is 9.79. The van der Waals surface area contributed by atoms with E-state index in [2.05, 4.69) is 10.3 Å². The maximum Gasteiger partial charge on any atom is 0.226 e. The predicted octanol–water partition coefficient (Wildman–Crippen LogP) is 4.12. The number of ether oxygens (including phenoxy) is 2. The molecule has 1 aliphatic carbocycles. The normalized spacial score (nSPS) is 20.7. The van der Waals surface area contributed by atoms with Gasteiger partial charge < -0.3 is 19.2 Å². The summed E-state index contributed by atoms with van der Waals surface area (Å²) < 4.78 is 19.0. The van der Waals surface area contributed by atoms with E-state index in [1.807, 2.05) is 42.5 Å². The third-order valence-electron chi connectivity index (χ3n) is 6.67. The fourth-order valence-corrected chi connectivity index (χ4v) is 5.09. The van der Waals surface area contributed by atoms with Crippen LogP contribution in [0, 0.1) is 0 Å². The maximum absolute atomic E-state index is 13.6. The molecule has 3 aromatic heterocycles. The molecule has 0 amide bonds. The Bertz CT molecular complexity index is 1460. The highest BCUT2D eigenvalue weighted by molar-refractivity contribution is 6.00. The molecule has 174 valence electrons. The van der Waals surface area contributed by atoms with Crippen LogP contribution in [0.15, 0.2) is 76.8 Å². The Morgan fingerprint density at radius 2 is 1.94 bits per heavy atom. The van der Waals surface area contributed by atoms with Crippen LogP contribution in [0.3, 0.4) is 0 Å². The zero-order valence-electron chi connectivity index (χ0n) is 18.7. The van der Waals surface area contributed by atoms with Crippen molar-refractivity contribution in [2.75, 3.05) is 18.5 Å². The van der Waals surface area contributed by atoms with E-state index in [9.17, 15) is 4.79 Å². The first kappa shape index (κ1) is 20.0. The molecule has 0 saturated heterocycles. The van der Waals surface area contributed by atoms with Crippen molar-refractivity contribution in [1.82, 2.24) is 19.7 Å².